The van der Waals surface area contributed by atoms with Crippen LogP contribution in [0.1, 0.15) is 29.0 Å². The van der Waals surface area contributed by atoms with Crippen molar-refractivity contribution in [2.24, 2.45) is 0 Å². The molecule has 0 aromatic heterocycles. The van der Waals surface area contributed by atoms with Gasteiger partial charge in [-0.1, -0.05) is 18.2 Å². The van der Waals surface area contributed by atoms with Gasteiger partial charge < -0.3 is 10.0 Å². The minimum Gasteiger partial charge on any atom is -0.508 e. The van der Waals surface area contributed by atoms with Gasteiger partial charge in [0, 0.05) is 12.5 Å². The van der Waals surface area contributed by atoms with Crippen LogP contribution < -0.4 is 0 Å². The third-order valence-corrected chi connectivity index (χ3v) is 4.01. The molecule has 1 aliphatic rings. The van der Waals surface area contributed by atoms with Crippen molar-refractivity contribution in [3.63, 3.8) is 0 Å². The zero-order valence-corrected chi connectivity index (χ0v) is 12.7. The molecule has 21 heavy (non-hydrogen) atoms. The molecule has 0 saturated heterocycles. The summed E-state index contributed by atoms with van der Waals surface area (Å²) in [4.78, 5) is 2.25. The van der Waals surface area contributed by atoms with Gasteiger partial charge >= 0.3 is 0 Å². The Morgan fingerprint density at radius 1 is 1.14 bits per heavy atom. The molecule has 112 valence electrons. The van der Waals surface area contributed by atoms with Crippen LogP contribution in [-0.2, 0) is 6.54 Å². The lowest BCUT2D eigenvalue weighted by Crippen LogP contribution is -2.17. The number of benzene rings is 2. The number of halogens is 2. The highest BCUT2D eigenvalue weighted by atomic mass is 35.5. The smallest absolute Gasteiger partial charge is 0.123 e. The van der Waals surface area contributed by atoms with Crippen LogP contribution >= 0.6 is 12.4 Å². The van der Waals surface area contributed by atoms with Crippen LogP contribution in [-0.4, -0.2) is 23.6 Å². The molecule has 1 unspecified atom stereocenters. The highest BCUT2D eigenvalue weighted by molar-refractivity contribution is 5.85. The van der Waals surface area contributed by atoms with Crippen molar-refractivity contribution in [1.82, 2.24) is 4.90 Å². The van der Waals surface area contributed by atoms with Gasteiger partial charge in [0.2, 0.25) is 0 Å². The normalized spacial score (nSPS) is 18.5. The molecule has 0 aliphatic carbocycles. The summed E-state index contributed by atoms with van der Waals surface area (Å²) in [5.74, 6) is 0.360. The second kappa shape index (κ2) is 6.46. The van der Waals surface area contributed by atoms with Crippen molar-refractivity contribution in [1.29, 1.82) is 0 Å². The van der Waals surface area contributed by atoms with Gasteiger partial charge in [0.1, 0.15) is 11.6 Å². The summed E-state index contributed by atoms with van der Waals surface area (Å²) in [6.45, 7) is 1.82. The third-order valence-electron chi connectivity index (χ3n) is 4.01. The Labute approximate surface area is 130 Å². The van der Waals surface area contributed by atoms with Crippen LogP contribution in [0.3, 0.4) is 0 Å². The summed E-state index contributed by atoms with van der Waals surface area (Å²) in [5.41, 5.74) is 3.52. The largest absolute Gasteiger partial charge is 0.508 e. The Bertz CT molecular complexity index is 615. The molecule has 1 heterocycles. The second-order valence-electron chi connectivity index (χ2n) is 5.51. The first kappa shape index (κ1) is 15.8. The number of phenolic OH excluding ortho intramolecular Hbond substituents is 1. The molecule has 2 nitrogen and oxygen atoms in total. The maximum absolute atomic E-state index is 13.1. The fourth-order valence-electron chi connectivity index (χ4n) is 2.99. The highest BCUT2D eigenvalue weighted by Crippen LogP contribution is 2.35. The van der Waals surface area contributed by atoms with Crippen molar-refractivity contribution in [3.8, 4) is 5.75 Å². The molecule has 1 atom stereocenters. The molecule has 4 heteroatoms. The predicted molar refractivity (Wildman–Crippen MR) is 84.5 cm³/mol. The van der Waals surface area contributed by atoms with E-state index < -0.39 is 0 Å². The SMILES string of the molecule is CN1CCC(c2ccc(F)cc2)c2ccc(O)cc2C1.Cl. The van der Waals surface area contributed by atoms with Crippen LogP contribution in [0.5, 0.6) is 5.75 Å². The number of fused-ring (bicyclic) bond motifs is 1. The molecule has 0 spiro atoms. The van der Waals surface area contributed by atoms with Crippen LogP contribution in [0.2, 0.25) is 0 Å². The Morgan fingerprint density at radius 2 is 1.86 bits per heavy atom. The van der Waals surface area contributed by atoms with Gasteiger partial charge in [0.25, 0.3) is 0 Å². The van der Waals surface area contributed by atoms with Crippen LogP contribution in [0, 0.1) is 5.82 Å². The number of phenols is 1. The van der Waals surface area contributed by atoms with E-state index in [2.05, 4.69) is 11.9 Å². The van der Waals surface area contributed by atoms with Gasteiger partial charge in [-0.05, 0) is 61.0 Å². The Kier molecular flexibility index (Phi) is 4.86. The Hall–Kier alpha value is -1.58. The van der Waals surface area contributed by atoms with E-state index in [0.717, 1.165) is 30.6 Å². The maximum atomic E-state index is 13.1. The Balaban J connectivity index is 0.00000161. The van der Waals surface area contributed by atoms with Gasteiger partial charge in [-0.3, -0.25) is 0 Å². The molecule has 0 saturated carbocycles. The lowest BCUT2D eigenvalue weighted by atomic mass is 9.86. The first-order valence-electron chi connectivity index (χ1n) is 6.89. The van der Waals surface area contributed by atoms with E-state index in [1.165, 1.54) is 17.7 Å². The summed E-state index contributed by atoms with van der Waals surface area (Å²) in [5, 5.41) is 9.69. The molecule has 2 aromatic rings. The minimum atomic E-state index is -0.203. The predicted octanol–water partition coefficient (Wildman–Crippen LogP) is 3.92. The van der Waals surface area contributed by atoms with E-state index >= 15 is 0 Å². The highest BCUT2D eigenvalue weighted by Gasteiger charge is 2.22. The van der Waals surface area contributed by atoms with Gasteiger partial charge in [0.05, 0.1) is 0 Å². The molecule has 1 N–H and O–H groups in total. The minimum absolute atomic E-state index is 0. The second-order valence-corrected chi connectivity index (χ2v) is 5.51. The summed E-state index contributed by atoms with van der Waals surface area (Å²) < 4.78 is 13.1. The first-order chi connectivity index (χ1) is 9.63. The Morgan fingerprint density at radius 3 is 2.57 bits per heavy atom. The molecular formula is C17H19ClFNO. The van der Waals surface area contributed by atoms with Gasteiger partial charge in [-0.2, -0.15) is 0 Å². The number of hydrogen-bond donors (Lipinski definition) is 1. The average Bonchev–Trinajstić information content (AvgIpc) is 2.58. The monoisotopic (exact) mass is 307 g/mol. The molecule has 0 amide bonds. The number of nitrogens with zero attached hydrogens (tertiary/aromatic N) is 1. The summed E-state index contributed by atoms with van der Waals surface area (Å²) in [7, 11) is 2.08. The zero-order chi connectivity index (χ0) is 14.1. The lowest BCUT2D eigenvalue weighted by molar-refractivity contribution is 0.328. The molecule has 1 aliphatic heterocycles. The molecule has 0 fully saturated rings. The summed E-state index contributed by atoms with van der Waals surface area (Å²) in [6.07, 6.45) is 1.000. The van der Waals surface area contributed by atoms with Crippen molar-refractivity contribution in [2.75, 3.05) is 13.6 Å². The first-order valence-corrected chi connectivity index (χ1v) is 6.89. The van der Waals surface area contributed by atoms with Gasteiger partial charge in [-0.25, -0.2) is 4.39 Å². The molecule has 2 aromatic carbocycles. The topological polar surface area (TPSA) is 23.5 Å². The van der Waals surface area contributed by atoms with Gasteiger partial charge in [-0.15, -0.1) is 12.4 Å². The summed E-state index contributed by atoms with van der Waals surface area (Å²) in [6, 6.07) is 12.3. The van der Waals surface area contributed by atoms with E-state index in [1.54, 1.807) is 6.07 Å². The number of rotatable bonds is 1. The maximum Gasteiger partial charge on any atom is 0.123 e. The molecular weight excluding hydrogens is 289 g/mol. The van der Waals surface area contributed by atoms with Crippen LogP contribution in [0.4, 0.5) is 4.39 Å². The van der Waals surface area contributed by atoms with Gasteiger partial charge in [0.15, 0.2) is 0 Å². The van der Waals surface area contributed by atoms with E-state index in [9.17, 15) is 9.50 Å². The fourth-order valence-corrected chi connectivity index (χ4v) is 2.99. The van der Waals surface area contributed by atoms with Crippen molar-refractivity contribution in [2.45, 2.75) is 18.9 Å². The summed E-state index contributed by atoms with van der Waals surface area (Å²) >= 11 is 0. The molecule has 0 bridgehead atoms. The van der Waals surface area contributed by atoms with Crippen molar-refractivity contribution in [3.05, 3.63) is 65.0 Å². The quantitative estimate of drug-likeness (QED) is 0.863. The van der Waals surface area contributed by atoms with E-state index in [-0.39, 0.29) is 24.1 Å². The standard InChI is InChI=1S/C17H18FNO.ClH/c1-19-9-8-17(12-2-4-14(18)5-3-12)16-7-6-15(20)10-13(16)11-19;/h2-7,10,17,20H,8-9,11H2,1H3;1H. The van der Waals surface area contributed by atoms with Crippen LogP contribution in [0.25, 0.3) is 0 Å². The lowest BCUT2D eigenvalue weighted by Gasteiger charge is -2.18. The van der Waals surface area contributed by atoms with E-state index in [0.29, 0.717) is 5.75 Å². The van der Waals surface area contributed by atoms with E-state index in [4.69, 9.17) is 0 Å². The van der Waals surface area contributed by atoms with Crippen molar-refractivity contribution >= 4 is 12.4 Å². The zero-order valence-electron chi connectivity index (χ0n) is 11.9. The van der Waals surface area contributed by atoms with Crippen molar-refractivity contribution < 1.29 is 9.50 Å². The third kappa shape index (κ3) is 3.36. The molecule has 3 rings (SSSR count). The average molecular weight is 308 g/mol. The van der Waals surface area contributed by atoms with Crippen LogP contribution in [0.15, 0.2) is 42.5 Å². The number of aromatic hydroxyl groups is 1. The fraction of sp³-hybridized carbons (Fsp3) is 0.294. The molecule has 0 radical (unpaired) electrons. The van der Waals surface area contributed by atoms with E-state index in [1.807, 2.05) is 24.3 Å². The number of hydrogen-bond acceptors (Lipinski definition) is 2.